The van der Waals surface area contributed by atoms with Crippen LogP contribution in [-0.2, 0) is 16.0 Å². The molecule has 0 saturated carbocycles. The molecule has 1 atom stereocenters. The number of nitrogens with two attached hydrogens (primary N) is 1. The molecule has 0 bridgehead atoms. The van der Waals surface area contributed by atoms with Gasteiger partial charge in [0.15, 0.2) is 0 Å². The summed E-state index contributed by atoms with van der Waals surface area (Å²) in [5, 5.41) is 5.51. The van der Waals surface area contributed by atoms with Crippen molar-refractivity contribution in [1.29, 1.82) is 0 Å². The third kappa shape index (κ3) is 5.95. The smallest absolute Gasteiger partial charge is 0.251 e. The van der Waals surface area contributed by atoms with Crippen LogP contribution in [0, 0.1) is 5.41 Å². The van der Waals surface area contributed by atoms with Crippen molar-refractivity contribution in [2.45, 2.75) is 26.3 Å². The number of benzene rings is 2. The molecule has 0 heterocycles. The summed E-state index contributed by atoms with van der Waals surface area (Å²) >= 11 is 0. The van der Waals surface area contributed by atoms with Gasteiger partial charge in [0.25, 0.3) is 5.91 Å². The van der Waals surface area contributed by atoms with Gasteiger partial charge >= 0.3 is 0 Å². The molecule has 0 aliphatic carbocycles. The van der Waals surface area contributed by atoms with Gasteiger partial charge in [-0.15, -0.1) is 0 Å². The predicted molar refractivity (Wildman–Crippen MR) is 104 cm³/mol. The quantitative estimate of drug-likeness (QED) is 0.661. The third-order valence-electron chi connectivity index (χ3n) is 4.31. The van der Waals surface area contributed by atoms with Crippen molar-refractivity contribution in [3.63, 3.8) is 0 Å². The standard InChI is InChI=1S/C21H25N3O3/c1-21(2,20(22)27)14-23-19(26)17(13-15-9-5-3-6-10-15)24-18(25)16-11-7-4-8-12-16/h3-12,17H,13-14H2,1-2H3,(H2,22,27)(H,23,26)(H,24,25). The molecule has 0 aliphatic heterocycles. The number of nitrogens with one attached hydrogen (secondary N) is 2. The van der Waals surface area contributed by atoms with Gasteiger partial charge in [-0.25, -0.2) is 0 Å². The maximum absolute atomic E-state index is 12.7. The van der Waals surface area contributed by atoms with E-state index in [0.717, 1.165) is 5.56 Å². The number of hydrogen-bond donors (Lipinski definition) is 3. The van der Waals surface area contributed by atoms with Gasteiger partial charge in [-0.3, -0.25) is 14.4 Å². The zero-order chi connectivity index (χ0) is 19.9. The van der Waals surface area contributed by atoms with Crippen LogP contribution in [0.15, 0.2) is 60.7 Å². The lowest BCUT2D eigenvalue weighted by atomic mass is 9.92. The summed E-state index contributed by atoms with van der Waals surface area (Å²) in [5.74, 6) is -1.20. The Hall–Kier alpha value is -3.15. The summed E-state index contributed by atoms with van der Waals surface area (Å²) in [6, 6.07) is 17.3. The van der Waals surface area contributed by atoms with Gasteiger partial charge in [0.2, 0.25) is 11.8 Å². The average molecular weight is 367 g/mol. The Balaban J connectivity index is 2.12. The molecule has 2 rings (SSSR count). The summed E-state index contributed by atoms with van der Waals surface area (Å²) in [4.78, 5) is 36.7. The van der Waals surface area contributed by atoms with Crippen LogP contribution in [0.5, 0.6) is 0 Å². The first-order chi connectivity index (χ1) is 12.8. The Bertz CT molecular complexity index is 789. The summed E-state index contributed by atoms with van der Waals surface area (Å²) < 4.78 is 0. The molecular weight excluding hydrogens is 342 g/mol. The lowest BCUT2D eigenvalue weighted by Gasteiger charge is -2.24. The summed E-state index contributed by atoms with van der Waals surface area (Å²) in [5.41, 5.74) is 5.86. The number of carbonyl (C=O) groups excluding carboxylic acids is 3. The van der Waals surface area contributed by atoms with Crippen molar-refractivity contribution < 1.29 is 14.4 Å². The van der Waals surface area contributed by atoms with Crippen LogP contribution < -0.4 is 16.4 Å². The van der Waals surface area contributed by atoms with Gasteiger partial charge in [0, 0.05) is 18.5 Å². The highest BCUT2D eigenvalue weighted by atomic mass is 16.2. The lowest BCUT2D eigenvalue weighted by molar-refractivity contribution is -0.127. The molecule has 2 aromatic rings. The molecule has 3 amide bonds. The Morgan fingerprint density at radius 1 is 0.963 bits per heavy atom. The highest BCUT2D eigenvalue weighted by Gasteiger charge is 2.28. The van der Waals surface area contributed by atoms with Gasteiger partial charge in [-0.1, -0.05) is 48.5 Å². The lowest BCUT2D eigenvalue weighted by Crippen LogP contribution is -2.51. The average Bonchev–Trinajstić information content (AvgIpc) is 2.67. The van der Waals surface area contributed by atoms with E-state index in [9.17, 15) is 14.4 Å². The van der Waals surface area contributed by atoms with Gasteiger partial charge in [0.1, 0.15) is 6.04 Å². The molecule has 2 aromatic carbocycles. The van der Waals surface area contributed by atoms with Crippen molar-refractivity contribution in [3.8, 4) is 0 Å². The Labute approximate surface area is 159 Å². The zero-order valence-electron chi connectivity index (χ0n) is 15.6. The number of carbonyl (C=O) groups is 3. The van der Waals surface area contributed by atoms with Gasteiger partial charge in [-0.05, 0) is 31.5 Å². The Morgan fingerprint density at radius 2 is 1.52 bits per heavy atom. The van der Waals surface area contributed by atoms with E-state index >= 15 is 0 Å². The molecule has 0 aliphatic rings. The Morgan fingerprint density at radius 3 is 2.07 bits per heavy atom. The van der Waals surface area contributed by atoms with Gasteiger partial charge in [-0.2, -0.15) is 0 Å². The molecule has 0 aromatic heterocycles. The summed E-state index contributed by atoms with van der Waals surface area (Å²) in [6.07, 6.45) is 0.336. The monoisotopic (exact) mass is 367 g/mol. The number of hydrogen-bond acceptors (Lipinski definition) is 3. The number of primary amides is 1. The van der Waals surface area contributed by atoms with Crippen LogP contribution >= 0.6 is 0 Å². The van der Waals surface area contributed by atoms with Crippen LogP contribution in [0.2, 0.25) is 0 Å². The largest absolute Gasteiger partial charge is 0.369 e. The zero-order valence-corrected chi connectivity index (χ0v) is 15.6. The van der Waals surface area contributed by atoms with Crippen molar-refractivity contribution in [3.05, 3.63) is 71.8 Å². The van der Waals surface area contributed by atoms with Crippen molar-refractivity contribution in [2.24, 2.45) is 11.1 Å². The van der Waals surface area contributed by atoms with E-state index in [1.54, 1.807) is 38.1 Å². The fourth-order valence-corrected chi connectivity index (χ4v) is 2.41. The van der Waals surface area contributed by atoms with Crippen LogP contribution in [0.3, 0.4) is 0 Å². The minimum Gasteiger partial charge on any atom is -0.369 e. The van der Waals surface area contributed by atoms with E-state index in [4.69, 9.17) is 5.73 Å². The van der Waals surface area contributed by atoms with Crippen molar-refractivity contribution in [2.75, 3.05) is 6.54 Å². The first-order valence-electron chi connectivity index (χ1n) is 8.77. The van der Waals surface area contributed by atoms with Crippen molar-refractivity contribution >= 4 is 17.7 Å². The first-order valence-corrected chi connectivity index (χ1v) is 8.77. The molecule has 6 nitrogen and oxygen atoms in total. The molecule has 1 unspecified atom stereocenters. The van der Waals surface area contributed by atoms with E-state index in [2.05, 4.69) is 10.6 Å². The van der Waals surface area contributed by atoms with E-state index in [0.29, 0.717) is 12.0 Å². The van der Waals surface area contributed by atoms with Crippen LogP contribution in [-0.4, -0.2) is 30.3 Å². The normalized spacial score (nSPS) is 12.1. The summed E-state index contributed by atoms with van der Waals surface area (Å²) in [7, 11) is 0. The third-order valence-corrected chi connectivity index (χ3v) is 4.31. The highest BCUT2D eigenvalue weighted by Crippen LogP contribution is 2.12. The number of rotatable bonds is 8. The molecule has 6 heteroatoms. The highest BCUT2D eigenvalue weighted by molar-refractivity contribution is 5.97. The van der Waals surface area contributed by atoms with Crippen molar-refractivity contribution in [1.82, 2.24) is 10.6 Å². The predicted octanol–water partition coefficient (Wildman–Crippen LogP) is 1.66. The fraction of sp³-hybridized carbons (Fsp3) is 0.286. The van der Waals surface area contributed by atoms with Crippen LogP contribution in [0.25, 0.3) is 0 Å². The van der Waals surface area contributed by atoms with Crippen LogP contribution in [0.4, 0.5) is 0 Å². The maximum atomic E-state index is 12.7. The second kappa shape index (κ2) is 8.98. The maximum Gasteiger partial charge on any atom is 0.251 e. The fourth-order valence-electron chi connectivity index (χ4n) is 2.41. The van der Waals surface area contributed by atoms with E-state index in [-0.39, 0.29) is 18.4 Å². The topological polar surface area (TPSA) is 101 Å². The molecule has 0 fully saturated rings. The Kier molecular flexibility index (Phi) is 6.71. The molecule has 27 heavy (non-hydrogen) atoms. The van der Waals surface area contributed by atoms with Gasteiger partial charge < -0.3 is 16.4 Å². The SMILES string of the molecule is CC(C)(CNC(=O)C(Cc1ccccc1)NC(=O)c1ccccc1)C(N)=O. The van der Waals surface area contributed by atoms with Gasteiger partial charge in [0.05, 0.1) is 5.41 Å². The molecule has 0 radical (unpaired) electrons. The van der Waals surface area contributed by atoms with E-state index in [1.807, 2.05) is 36.4 Å². The first kappa shape index (κ1) is 20.2. The molecule has 0 spiro atoms. The minimum absolute atomic E-state index is 0.0909. The van der Waals surface area contributed by atoms with E-state index in [1.165, 1.54) is 0 Å². The number of amides is 3. The van der Waals surface area contributed by atoms with Crippen LogP contribution in [0.1, 0.15) is 29.8 Å². The molecule has 142 valence electrons. The molecule has 0 saturated heterocycles. The second-order valence-corrected chi connectivity index (χ2v) is 7.05. The summed E-state index contributed by atoms with van der Waals surface area (Å²) in [6.45, 7) is 3.41. The molecular formula is C21H25N3O3. The minimum atomic E-state index is -0.879. The second-order valence-electron chi connectivity index (χ2n) is 7.05. The molecule has 4 N–H and O–H groups in total. The van der Waals surface area contributed by atoms with E-state index < -0.39 is 17.4 Å².